The smallest absolute Gasteiger partial charge is 0.335 e. The number of aryl methyl sites for hydroxylation is 1. The highest BCUT2D eigenvalue weighted by Gasteiger charge is 2.32. The normalized spacial score (nSPS) is 19.2. The standard InChI is InChI=1S/C22H27F3N4O3S/c1-15-4-7-18(22(23,24)25)11-20(15)33(31,32)28-14-16-5-8-19(9-6-16)29-21(30)27-13-17-3-2-10-26-12-17/h2-4,7,10-12,16,19,28H,5-6,8-9,13-14H2,1H3,(H2,27,29,30)/t16-,19-. The summed E-state index contributed by atoms with van der Waals surface area (Å²) in [6, 6.07) is 6.06. The van der Waals surface area contributed by atoms with E-state index in [4.69, 9.17) is 0 Å². The minimum Gasteiger partial charge on any atom is -0.335 e. The van der Waals surface area contributed by atoms with Gasteiger partial charge in [0, 0.05) is 31.5 Å². The van der Waals surface area contributed by atoms with Crippen molar-refractivity contribution in [1.29, 1.82) is 0 Å². The Labute approximate surface area is 191 Å². The monoisotopic (exact) mass is 484 g/mol. The number of hydrogen-bond donors (Lipinski definition) is 3. The molecule has 7 nitrogen and oxygen atoms in total. The number of rotatable bonds is 7. The number of nitrogens with one attached hydrogen (secondary N) is 3. The van der Waals surface area contributed by atoms with Crippen LogP contribution in [0.2, 0.25) is 0 Å². The van der Waals surface area contributed by atoms with Crippen LogP contribution in [-0.2, 0) is 22.7 Å². The number of urea groups is 1. The lowest BCUT2D eigenvalue weighted by atomic mass is 9.86. The first-order chi connectivity index (χ1) is 15.5. The van der Waals surface area contributed by atoms with Crippen LogP contribution in [0.3, 0.4) is 0 Å². The average Bonchev–Trinajstić information content (AvgIpc) is 2.77. The molecule has 180 valence electrons. The second kappa shape index (κ2) is 10.5. The Morgan fingerprint density at radius 1 is 1.15 bits per heavy atom. The van der Waals surface area contributed by atoms with Crippen molar-refractivity contribution in [3.05, 3.63) is 59.4 Å². The number of sulfonamides is 1. The Hall–Kier alpha value is -2.66. The van der Waals surface area contributed by atoms with Gasteiger partial charge >= 0.3 is 12.2 Å². The van der Waals surface area contributed by atoms with Crippen molar-refractivity contribution < 1.29 is 26.4 Å². The van der Waals surface area contributed by atoms with Crippen LogP contribution in [0.1, 0.15) is 42.4 Å². The summed E-state index contributed by atoms with van der Waals surface area (Å²) in [7, 11) is -4.07. The number of amides is 2. The number of nitrogens with zero attached hydrogens (tertiary/aromatic N) is 1. The largest absolute Gasteiger partial charge is 0.416 e. The SMILES string of the molecule is Cc1ccc(C(F)(F)F)cc1S(=O)(=O)NC[C@H]1CC[C@H](NC(=O)NCc2cccnc2)CC1. The summed E-state index contributed by atoms with van der Waals surface area (Å²) < 4.78 is 66.6. The van der Waals surface area contributed by atoms with E-state index in [1.807, 2.05) is 6.07 Å². The lowest BCUT2D eigenvalue weighted by Gasteiger charge is -2.29. The van der Waals surface area contributed by atoms with E-state index < -0.39 is 21.8 Å². The Morgan fingerprint density at radius 2 is 1.88 bits per heavy atom. The summed E-state index contributed by atoms with van der Waals surface area (Å²) in [6.45, 7) is 1.97. The van der Waals surface area contributed by atoms with E-state index in [9.17, 15) is 26.4 Å². The van der Waals surface area contributed by atoms with Crippen molar-refractivity contribution in [3.8, 4) is 0 Å². The number of halogens is 3. The number of hydrogen-bond acceptors (Lipinski definition) is 4. The summed E-state index contributed by atoms with van der Waals surface area (Å²) in [5, 5.41) is 5.70. The molecule has 0 radical (unpaired) electrons. The maximum atomic E-state index is 13.0. The maximum Gasteiger partial charge on any atom is 0.416 e. The van der Waals surface area contributed by atoms with Gasteiger partial charge in [0.05, 0.1) is 10.5 Å². The first kappa shape index (κ1) is 25.0. The van der Waals surface area contributed by atoms with Gasteiger partial charge < -0.3 is 10.6 Å². The fourth-order valence-electron chi connectivity index (χ4n) is 3.80. The molecule has 0 spiro atoms. The Kier molecular flexibility index (Phi) is 7.96. The Balaban J connectivity index is 1.46. The van der Waals surface area contributed by atoms with Gasteiger partial charge in [-0.2, -0.15) is 13.2 Å². The van der Waals surface area contributed by atoms with Crippen LogP contribution in [0, 0.1) is 12.8 Å². The maximum absolute atomic E-state index is 13.0. The zero-order valence-electron chi connectivity index (χ0n) is 18.2. The van der Waals surface area contributed by atoms with Crippen molar-refractivity contribution in [2.75, 3.05) is 6.54 Å². The molecule has 1 fully saturated rings. The molecule has 1 aliphatic carbocycles. The number of carbonyl (C=O) groups is 1. The molecule has 0 aliphatic heterocycles. The van der Waals surface area contributed by atoms with Crippen LogP contribution in [-0.4, -0.2) is 32.0 Å². The first-order valence-electron chi connectivity index (χ1n) is 10.7. The van der Waals surface area contributed by atoms with Gasteiger partial charge in [0.15, 0.2) is 0 Å². The minimum atomic E-state index is -4.62. The number of benzene rings is 1. The van der Waals surface area contributed by atoms with E-state index in [-0.39, 0.29) is 35.0 Å². The second-order valence-electron chi connectivity index (χ2n) is 8.24. The van der Waals surface area contributed by atoms with Crippen molar-refractivity contribution >= 4 is 16.1 Å². The molecule has 1 saturated carbocycles. The van der Waals surface area contributed by atoms with Crippen LogP contribution >= 0.6 is 0 Å². The highest BCUT2D eigenvalue weighted by Crippen LogP contribution is 2.32. The molecule has 33 heavy (non-hydrogen) atoms. The second-order valence-corrected chi connectivity index (χ2v) is 9.97. The van der Waals surface area contributed by atoms with Crippen molar-refractivity contribution in [2.24, 2.45) is 5.92 Å². The Morgan fingerprint density at radius 3 is 2.52 bits per heavy atom. The third-order valence-corrected chi connectivity index (χ3v) is 7.29. The molecular weight excluding hydrogens is 457 g/mol. The van der Waals surface area contributed by atoms with E-state index in [0.29, 0.717) is 38.3 Å². The van der Waals surface area contributed by atoms with Gasteiger partial charge in [-0.25, -0.2) is 17.9 Å². The predicted octanol–water partition coefficient (Wildman–Crippen LogP) is 3.75. The van der Waals surface area contributed by atoms with Crippen molar-refractivity contribution in [2.45, 2.75) is 56.3 Å². The van der Waals surface area contributed by atoms with Gasteiger partial charge in [-0.15, -0.1) is 0 Å². The van der Waals surface area contributed by atoms with Crippen molar-refractivity contribution in [1.82, 2.24) is 20.3 Å². The van der Waals surface area contributed by atoms with Crippen LogP contribution in [0.5, 0.6) is 0 Å². The third-order valence-electron chi connectivity index (χ3n) is 5.72. The molecule has 0 saturated heterocycles. The molecule has 1 heterocycles. The number of alkyl halides is 3. The van der Waals surface area contributed by atoms with Gasteiger partial charge in [0.25, 0.3) is 0 Å². The molecule has 0 unspecified atom stereocenters. The molecular formula is C22H27F3N4O3S. The van der Waals surface area contributed by atoms with Crippen LogP contribution in [0.4, 0.5) is 18.0 Å². The zero-order valence-corrected chi connectivity index (χ0v) is 19.0. The summed E-state index contributed by atoms with van der Waals surface area (Å²) in [6.07, 6.45) is 1.48. The molecule has 2 aromatic rings. The van der Waals surface area contributed by atoms with Crippen LogP contribution in [0.15, 0.2) is 47.6 Å². The molecule has 0 bridgehead atoms. The fourth-order valence-corrected chi connectivity index (χ4v) is 5.19. The average molecular weight is 485 g/mol. The minimum absolute atomic E-state index is 0.0162. The van der Waals surface area contributed by atoms with E-state index in [1.54, 1.807) is 18.5 Å². The van der Waals surface area contributed by atoms with E-state index in [0.717, 1.165) is 17.7 Å². The molecule has 1 aromatic carbocycles. The Bertz CT molecular complexity index is 1050. The lowest BCUT2D eigenvalue weighted by Crippen LogP contribution is -2.44. The van der Waals surface area contributed by atoms with Gasteiger partial charge in [-0.05, 0) is 67.9 Å². The van der Waals surface area contributed by atoms with Crippen molar-refractivity contribution in [3.63, 3.8) is 0 Å². The molecule has 3 N–H and O–H groups in total. The van der Waals surface area contributed by atoms with Gasteiger partial charge in [0.1, 0.15) is 0 Å². The fraction of sp³-hybridized carbons (Fsp3) is 0.455. The lowest BCUT2D eigenvalue weighted by molar-refractivity contribution is -0.137. The number of aromatic nitrogens is 1. The number of pyridine rings is 1. The van der Waals surface area contributed by atoms with Gasteiger partial charge in [-0.3, -0.25) is 4.98 Å². The van der Waals surface area contributed by atoms with E-state index >= 15 is 0 Å². The topological polar surface area (TPSA) is 100 Å². The zero-order chi connectivity index (χ0) is 24.1. The van der Waals surface area contributed by atoms with Gasteiger partial charge in [0.2, 0.25) is 10.0 Å². The summed E-state index contributed by atoms with van der Waals surface area (Å²) in [5.41, 5.74) is 0.141. The third kappa shape index (κ3) is 7.16. The van der Waals surface area contributed by atoms with Crippen LogP contribution < -0.4 is 15.4 Å². The molecule has 0 atom stereocenters. The van der Waals surface area contributed by atoms with E-state index in [1.165, 1.54) is 6.92 Å². The highest BCUT2D eigenvalue weighted by molar-refractivity contribution is 7.89. The predicted molar refractivity (Wildman–Crippen MR) is 117 cm³/mol. The summed E-state index contributed by atoms with van der Waals surface area (Å²) in [5.74, 6) is 0.0439. The number of carbonyl (C=O) groups excluding carboxylic acids is 1. The quantitative estimate of drug-likeness (QED) is 0.557. The molecule has 2 amide bonds. The summed E-state index contributed by atoms with van der Waals surface area (Å²) >= 11 is 0. The van der Waals surface area contributed by atoms with Gasteiger partial charge in [-0.1, -0.05) is 12.1 Å². The van der Waals surface area contributed by atoms with Crippen LogP contribution in [0.25, 0.3) is 0 Å². The molecule has 1 aromatic heterocycles. The molecule has 1 aliphatic rings. The molecule has 11 heteroatoms. The van der Waals surface area contributed by atoms with E-state index in [2.05, 4.69) is 20.3 Å². The molecule has 3 rings (SSSR count). The summed E-state index contributed by atoms with van der Waals surface area (Å²) in [4.78, 5) is 15.7. The highest BCUT2D eigenvalue weighted by atomic mass is 32.2. The first-order valence-corrected chi connectivity index (χ1v) is 12.1.